The van der Waals surface area contributed by atoms with Gasteiger partial charge in [-0.2, -0.15) is 16.8 Å². The van der Waals surface area contributed by atoms with E-state index in [1.165, 1.54) is 0 Å². The van der Waals surface area contributed by atoms with Gasteiger partial charge in [-0.1, -0.05) is 73.3 Å². The fourth-order valence-electron chi connectivity index (χ4n) is 6.09. The van der Waals surface area contributed by atoms with Crippen LogP contribution in [0.3, 0.4) is 0 Å². The lowest BCUT2D eigenvalue weighted by atomic mass is 10.1. The van der Waals surface area contributed by atoms with Crippen LogP contribution in [-0.2, 0) is 20.2 Å². The van der Waals surface area contributed by atoms with Gasteiger partial charge in [-0.25, -0.2) is 0 Å². The lowest BCUT2D eigenvalue weighted by Crippen LogP contribution is -3.03. The normalized spacial score (nSPS) is 19.5. The van der Waals surface area contributed by atoms with Crippen molar-refractivity contribution in [1.82, 2.24) is 0 Å². The maximum Gasteiger partial charge on any atom is 0.265 e. The average Bonchev–Trinajstić information content (AvgIpc) is 3.53. The molecule has 2 aliphatic rings. The number of benzene rings is 4. The Morgan fingerprint density at radius 3 is 2.16 bits per heavy atom. The van der Waals surface area contributed by atoms with Crippen LogP contribution >= 0.6 is 23.5 Å². The van der Waals surface area contributed by atoms with Crippen molar-refractivity contribution in [3.63, 3.8) is 0 Å². The van der Waals surface area contributed by atoms with E-state index in [9.17, 15) is 25.9 Å². The van der Waals surface area contributed by atoms with Crippen LogP contribution in [0.2, 0.25) is 0 Å². The summed E-state index contributed by atoms with van der Waals surface area (Å²) in [5, 5.41) is 5.42. The molecule has 0 amide bonds. The molecule has 0 fully saturated rings. The van der Waals surface area contributed by atoms with Crippen molar-refractivity contribution in [1.29, 1.82) is 0 Å². The maximum atomic E-state index is 11.6. The van der Waals surface area contributed by atoms with Crippen LogP contribution in [-0.4, -0.2) is 55.9 Å². The van der Waals surface area contributed by atoms with Crippen molar-refractivity contribution in [3.05, 3.63) is 95.6 Å². The Balaban J connectivity index is 1.37. The molecule has 0 saturated carbocycles. The minimum absolute atomic E-state index is 0.0865. The van der Waals surface area contributed by atoms with E-state index in [2.05, 4.69) is 72.5 Å². The van der Waals surface area contributed by atoms with E-state index in [1.54, 1.807) is 23.5 Å². The summed E-state index contributed by atoms with van der Waals surface area (Å²) in [5.74, 6) is -0.603. The van der Waals surface area contributed by atoms with Crippen LogP contribution in [0, 0.1) is 0 Å². The lowest BCUT2D eigenvalue weighted by molar-refractivity contribution is -0.779. The molecule has 2 aliphatic heterocycles. The van der Waals surface area contributed by atoms with Crippen LogP contribution in [0.1, 0.15) is 26.2 Å². The number of allylic oxidation sites excluding steroid dienone is 2. The zero-order valence-electron chi connectivity index (χ0n) is 24.7. The van der Waals surface area contributed by atoms with Crippen LogP contribution < -0.4 is 9.80 Å². The molecule has 0 saturated heterocycles. The van der Waals surface area contributed by atoms with Gasteiger partial charge in [0.15, 0.2) is 10.7 Å². The molecule has 3 N–H and O–H groups in total. The second-order valence-electron chi connectivity index (χ2n) is 11.2. The van der Waals surface area contributed by atoms with Crippen molar-refractivity contribution < 1.29 is 30.8 Å². The molecule has 0 spiro atoms. The standard InChI is InChI=1S/C33H34N2O6S4/c1-2-23(21-30-34(17-7-19-44(36,37)38)32-26-11-5-3-9-24(26)13-15-28(32)42-30)22-31-35(18-8-20-45(39,40)41)33-27-12-6-4-10-25(27)14-16-29(33)43-31/h3-6,9-16,21-22,30H,2,7-8,17-20H2,1H3,(H,36,37,38)(H,39,40,41)/p+1. The zero-order valence-corrected chi connectivity index (χ0v) is 28.0. The van der Waals surface area contributed by atoms with E-state index in [0.717, 1.165) is 64.6 Å². The van der Waals surface area contributed by atoms with E-state index < -0.39 is 20.2 Å². The molecular weight excluding hydrogens is 649 g/mol. The van der Waals surface area contributed by atoms with Crippen molar-refractivity contribution >= 4 is 76.7 Å². The molecule has 2 unspecified atom stereocenters. The first-order valence-corrected chi connectivity index (χ1v) is 19.8. The smallest absolute Gasteiger partial charge is 0.265 e. The molecule has 4 aromatic carbocycles. The summed E-state index contributed by atoms with van der Waals surface area (Å²) in [6.07, 6.45) is 5.78. The van der Waals surface area contributed by atoms with Gasteiger partial charge < -0.3 is 4.90 Å². The molecular formula is C33H35N2O6S4+. The summed E-state index contributed by atoms with van der Waals surface area (Å²) < 4.78 is 65.1. The van der Waals surface area contributed by atoms with Gasteiger partial charge in [0.1, 0.15) is 0 Å². The second-order valence-corrected chi connectivity index (χ2v) is 16.6. The Kier molecular flexibility index (Phi) is 9.36. The predicted octanol–water partition coefficient (Wildman–Crippen LogP) is 6.29. The van der Waals surface area contributed by atoms with Gasteiger partial charge in [-0.3, -0.25) is 14.0 Å². The number of quaternary nitrogens is 1. The summed E-state index contributed by atoms with van der Waals surface area (Å²) in [6, 6.07) is 24.8. The van der Waals surface area contributed by atoms with Gasteiger partial charge in [-0.15, -0.1) is 0 Å². The minimum Gasteiger partial charge on any atom is -0.354 e. The second kappa shape index (κ2) is 13.1. The van der Waals surface area contributed by atoms with Gasteiger partial charge in [0, 0.05) is 34.7 Å². The summed E-state index contributed by atoms with van der Waals surface area (Å²) in [6.45, 7) is 3.07. The van der Waals surface area contributed by atoms with Crippen LogP contribution in [0.4, 0.5) is 11.4 Å². The van der Waals surface area contributed by atoms with Gasteiger partial charge in [0.05, 0.1) is 34.0 Å². The van der Waals surface area contributed by atoms with Gasteiger partial charge in [0.2, 0.25) is 0 Å². The van der Waals surface area contributed by atoms with E-state index >= 15 is 0 Å². The van der Waals surface area contributed by atoms with E-state index in [4.69, 9.17) is 0 Å². The van der Waals surface area contributed by atoms with E-state index in [1.807, 2.05) is 24.3 Å². The van der Waals surface area contributed by atoms with E-state index in [0.29, 0.717) is 25.9 Å². The first kappa shape index (κ1) is 32.1. The summed E-state index contributed by atoms with van der Waals surface area (Å²) in [7, 11) is -8.15. The topological polar surface area (TPSA) is 116 Å². The van der Waals surface area contributed by atoms with Crippen LogP contribution in [0.25, 0.3) is 21.5 Å². The van der Waals surface area contributed by atoms with Crippen molar-refractivity contribution in [2.75, 3.05) is 29.5 Å². The molecule has 6 rings (SSSR count). The highest BCUT2D eigenvalue weighted by Crippen LogP contribution is 2.48. The Bertz CT molecular complexity index is 2040. The fourth-order valence-corrected chi connectivity index (χ4v) is 9.67. The predicted molar refractivity (Wildman–Crippen MR) is 185 cm³/mol. The SMILES string of the molecule is CCC(=CC1Sc2ccc3ccccc3c2N1CCCS(=O)(=O)O)C=C1Sc2ccc3ccccc3c2[NH+]1CCCS(=O)(=O)O. The van der Waals surface area contributed by atoms with Crippen molar-refractivity contribution in [2.24, 2.45) is 0 Å². The highest BCUT2D eigenvalue weighted by atomic mass is 32.2. The third kappa shape index (κ3) is 7.27. The van der Waals surface area contributed by atoms with Crippen molar-refractivity contribution in [3.8, 4) is 0 Å². The molecule has 2 heterocycles. The molecule has 4 aromatic rings. The molecule has 0 radical (unpaired) electrons. The maximum absolute atomic E-state index is 11.6. The summed E-state index contributed by atoms with van der Waals surface area (Å²) in [4.78, 5) is 5.56. The van der Waals surface area contributed by atoms with Gasteiger partial charge in [-0.05, 0) is 65.2 Å². The number of hydrogen-bond acceptors (Lipinski definition) is 7. The Morgan fingerprint density at radius 1 is 0.844 bits per heavy atom. The fraction of sp³-hybridized carbons (Fsp3) is 0.273. The van der Waals surface area contributed by atoms with Crippen molar-refractivity contribution in [2.45, 2.75) is 41.4 Å². The van der Waals surface area contributed by atoms with Crippen LogP contribution in [0.5, 0.6) is 0 Å². The third-order valence-corrected chi connectivity index (χ3v) is 12.1. The molecule has 12 heteroatoms. The number of rotatable bonds is 11. The summed E-state index contributed by atoms with van der Waals surface area (Å²) in [5.41, 5.74) is 3.30. The number of hydrogen-bond donors (Lipinski definition) is 3. The molecule has 2 atom stereocenters. The Labute approximate surface area is 272 Å². The number of nitrogens with one attached hydrogen (secondary N) is 1. The Hall–Kier alpha value is -2.84. The summed E-state index contributed by atoms with van der Waals surface area (Å²) >= 11 is 3.41. The molecule has 0 aromatic heterocycles. The number of anilines is 1. The molecule has 236 valence electrons. The Morgan fingerprint density at radius 2 is 1.47 bits per heavy atom. The van der Waals surface area contributed by atoms with E-state index in [-0.39, 0.29) is 16.9 Å². The average molecular weight is 684 g/mol. The molecule has 45 heavy (non-hydrogen) atoms. The third-order valence-electron chi connectivity index (χ3n) is 8.13. The first-order valence-electron chi connectivity index (χ1n) is 14.8. The molecule has 8 nitrogen and oxygen atoms in total. The first-order chi connectivity index (χ1) is 21.5. The minimum atomic E-state index is -4.08. The monoisotopic (exact) mass is 683 g/mol. The lowest BCUT2D eigenvalue weighted by Gasteiger charge is -2.26. The molecule has 0 aliphatic carbocycles. The number of nitrogens with zero attached hydrogens (tertiary/aromatic N) is 1. The highest BCUT2D eigenvalue weighted by Gasteiger charge is 2.34. The number of fused-ring (bicyclic) bond motifs is 6. The number of thioether (sulfide) groups is 2. The molecule has 0 bridgehead atoms. The quantitative estimate of drug-likeness (QED) is 0.157. The zero-order chi connectivity index (χ0) is 31.8. The largest absolute Gasteiger partial charge is 0.354 e. The highest BCUT2D eigenvalue weighted by molar-refractivity contribution is 8.03. The van der Waals surface area contributed by atoms with Gasteiger partial charge >= 0.3 is 0 Å². The van der Waals surface area contributed by atoms with Gasteiger partial charge in [0.25, 0.3) is 20.2 Å². The van der Waals surface area contributed by atoms with Crippen LogP contribution in [0.15, 0.2) is 105 Å².